The van der Waals surface area contributed by atoms with Gasteiger partial charge in [-0.25, -0.2) is 0 Å². The van der Waals surface area contributed by atoms with E-state index in [9.17, 15) is 0 Å². The van der Waals surface area contributed by atoms with E-state index in [4.69, 9.17) is 4.74 Å². The van der Waals surface area contributed by atoms with Crippen LogP contribution in [0.3, 0.4) is 0 Å². The molecule has 0 amide bonds. The lowest BCUT2D eigenvalue weighted by molar-refractivity contribution is 0.340. The largest absolute Gasteiger partial charge is 0.494 e. The second kappa shape index (κ2) is 7.93. The van der Waals surface area contributed by atoms with Gasteiger partial charge in [-0.1, -0.05) is 37.6 Å². The lowest BCUT2D eigenvalue weighted by Gasteiger charge is -2.08. The summed E-state index contributed by atoms with van der Waals surface area (Å²) in [6.07, 6.45) is 2.20. The molecule has 0 atom stereocenters. The molecule has 2 nitrogen and oxygen atoms in total. The third kappa shape index (κ3) is 5.87. The van der Waals surface area contributed by atoms with E-state index in [2.05, 4.69) is 44.3 Å². The van der Waals surface area contributed by atoms with Crippen LogP contribution >= 0.6 is 0 Å². The van der Waals surface area contributed by atoms with Crippen molar-refractivity contribution in [1.82, 2.24) is 5.32 Å². The van der Waals surface area contributed by atoms with E-state index in [0.717, 1.165) is 18.8 Å². The number of rotatable bonds is 7. The van der Waals surface area contributed by atoms with Crippen LogP contribution in [0, 0.1) is 5.92 Å². The molecule has 0 unspecified atom stereocenters. The molecule has 0 aliphatic rings. The van der Waals surface area contributed by atoms with Crippen LogP contribution in [-0.4, -0.2) is 19.7 Å². The van der Waals surface area contributed by atoms with E-state index in [1.165, 1.54) is 11.1 Å². The number of hydrogen-bond donors (Lipinski definition) is 1. The highest BCUT2D eigenvalue weighted by Gasteiger charge is 1.96. The Labute approximate surface area is 111 Å². The Kier molecular flexibility index (Phi) is 6.51. The summed E-state index contributed by atoms with van der Waals surface area (Å²) in [6.45, 7) is 11.3. The van der Waals surface area contributed by atoms with Crippen molar-refractivity contribution in [2.75, 3.05) is 19.7 Å². The van der Waals surface area contributed by atoms with Gasteiger partial charge in [-0.2, -0.15) is 0 Å². The average Bonchev–Trinajstić information content (AvgIpc) is 2.29. The van der Waals surface area contributed by atoms with E-state index in [1.54, 1.807) is 0 Å². The van der Waals surface area contributed by atoms with Crippen molar-refractivity contribution in [3.05, 3.63) is 35.4 Å². The van der Waals surface area contributed by atoms with E-state index in [1.807, 2.05) is 19.1 Å². The molecule has 1 aromatic rings. The van der Waals surface area contributed by atoms with Crippen molar-refractivity contribution in [1.29, 1.82) is 0 Å². The van der Waals surface area contributed by atoms with E-state index in [-0.39, 0.29) is 0 Å². The van der Waals surface area contributed by atoms with Gasteiger partial charge in [0.15, 0.2) is 0 Å². The molecule has 1 rings (SSSR count). The summed E-state index contributed by atoms with van der Waals surface area (Å²) in [5, 5.41) is 3.45. The zero-order chi connectivity index (χ0) is 13.4. The van der Waals surface area contributed by atoms with Crippen molar-refractivity contribution in [3.63, 3.8) is 0 Å². The molecular formula is C16H25NO. The van der Waals surface area contributed by atoms with Crippen molar-refractivity contribution in [2.24, 2.45) is 5.92 Å². The lowest BCUT2D eigenvalue weighted by Crippen LogP contribution is -2.21. The molecule has 0 aliphatic heterocycles. The quantitative estimate of drug-likeness (QED) is 0.792. The second-order valence-electron chi connectivity index (χ2n) is 5.02. The highest BCUT2D eigenvalue weighted by molar-refractivity contribution is 5.54. The molecule has 0 spiro atoms. The molecule has 0 fully saturated rings. The average molecular weight is 247 g/mol. The van der Waals surface area contributed by atoms with Gasteiger partial charge < -0.3 is 10.1 Å². The monoisotopic (exact) mass is 247 g/mol. The molecule has 0 radical (unpaired) electrons. The third-order valence-electron chi connectivity index (χ3n) is 2.54. The molecule has 100 valence electrons. The number of ether oxygens (including phenoxy) is 1. The first-order valence-corrected chi connectivity index (χ1v) is 6.72. The van der Waals surface area contributed by atoms with Crippen molar-refractivity contribution in [2.45, 2.75) is 27.7 Å². The zero-order valence-corrected chi connectivity index (χ0v) is 12.0. The predicted molar refractivity (Wildman–Crippen MR) is 79.0 cm³/mol. The molecular weight excluding hydrogens is 222 g/mol. The van der Waals surface area contributed by atoms with E-state index in [0.29, 0.717) is 12.5 Å². The molecule has 1 aromatic carbocycles. The smallest absolute Gasteiger partial charge is 0.119 e. The van der Waals surface area contributed by atoms with E-state index >= 15 is 0 Å². The summed E-state index contributed by atoms with van der Waals surface area (Å²) in [5.41, 5.74) is 2.54. The maximum absolute atomic E-state index is 5.50. The van der Waals surface area contributed by atoms with Gasteiger partial charge in [0, 0.05) is 6.54 Å². The summed E-state index contributed by atoms with van der Waals surface area (Å²) in [7, 11) is 0. The Morgan fingerprint density at radius 2 is 2.17 bits per heavy atom. The van der Waals surface area contributed by atoms with Crippen LogP contribution in [0.15, 0.2) is 29.8 Å². The van der Waals surface area contributed by atoms with Gasteiger partial charge in [0.05, 0.1) is 6.61 Å². The van der Waals surface area contributed by atoms with E-state index < -0.39 is 0 Å². The first kappa shape index (κ1) is 14.8. The molecule has 0 saturated carbocycles. The molecule has 0 aliphatic carbocycles. The highest BCUT2D eigenvalue weighted by Crippen LogP contribution is 2.15. The first-order chi connectivity index (χ1) is 8.61. The van der Waals surface area contributed by atoms with Crippen LogP contribution in [0.25, 0.3) is 6.08 Å². The van der Waals surface area contributed by atoms with Crippen LogP contribution < -0.4 is 10.1 Å². The van der Waals surface area contributed by atoms with Gasteiger partial charge in [0.2, 0.25) is 0 Å². The van der Waals surface area contributed by atoms with Crippen LogP contribution in [-0.2, 0) is 0 Å². The number of hydrogen-bond acceptors (Lipinski definition) is 2. The molecule has 0 bridgehead atoms. The normalized spacial score (nSPS) is 11.9. The molecule has 0 heterocycles. The number of benzene rings is 1. The van der Waals surface area contributed by atoms with Crippen LogP contribution in [0.1, 0.15) is 33.3 Å². The highest BCUT2D eigenvalue weighted by atomic mass is 16.5. The summed E-state index contributed by atoms with van der Waals surface area (Å²) >= 11 is 0. The SMILES string of the molecule is CCOc1cccc(C=C(C)CNCC(C)C)c1. The summed E-state index contributed by atoms with van der Waals surface area (Å²) in [5.74, 6) is 1.63. The first-order valence-electron chi connectivity index (χ1n) is 6.72. The van der Waals surface area contributed by atoms with Crippen molar-refractivity contribution < 1.29 is 4.74 Å². The van der Waals surface area contributed by atoms with Gasteiger partial charge in [0.25, 0.3) is 0 Å². The van der Waals surface area contributed by atoms with Gasteiger partial charge in [-0.05, 0) is 44.0 Å². The predicted octanol–water partition coefficient (Wildman–Crippen LogP) is 3.73. The zero-order valence-electron chi connectivity index (χ0n) is 12.0. The molecule has 0 saturated heterocycles. The minimum absolute atomic E-state index is 0.694. The fourth-order valence-corrected chi connectivity index (χ4v) is 1.75. The molecule has 0 aromatic heterocycles. The molecule has 2 heteroatoms. The van der Waals surface area contributed by atoms with Crippen molar-refractivity contribution in [3.8, 4) is 5.75 Å². The van der Waals surface area contributed by atoms with Gasteiger partial charge in [-0.15, -0.1) is 0 Å². The van der Waals surface area contributed by atoms with Crippen LogP contribution in [0.2, 0.25) is 0 Å². The topological polar surface area (TPSA) is 21.3 Å². The Morgan fingerprint density at radius 3 is 2.83 bits per heavy atom. The standard InChI is InChI=1S/C16H25NO/c1-5-18-16-8-6-7-15(10-16)9-14(4)12-17-11-13(2)3/h6-10,13,17H,5,11-12H2,1-4H3. The lowest BCUT2D eigenvalue weighted by atomic mass is 10.1. The summed E-state index contributed by atoms with van der Waals surface area (Å²) in [4.78, 5) is 0. The second-order valence-corrected chi connectivity index (χ2v) is 5.02. The molecule has 18 heavy (non-hydrogen) atoms. The minimum atomic E-state index is 0.694. The van der Waals surface area contributed by atoms with Gasteiger partial charge in [-0.3, -0.25) is 0 Å². The Bertz CT molecular complexity index is 382. The van der Waals surface area contributed by atoms with Crippen LogP contribution in [0.5, 0.6) is 5.75 Å². The van der Waals surface area contributed by atoms with Crippen molar-refractivity contribution >= 4 is 6.08 Å². The minimum Gasteiger partial charge on any atom is -0.494 e. The van der Waals surface area contributed by atoms with Gasteiger partial charge in [0.1, 0.15) is 5.75 Å². The maximum atomic E-state index is 5.50. The van der Waals surface area contributed by atoms with Gasteiger partial charge >= 0.3 is 0 Å². The summed E-state index contributed by atoms with van der Waals surface area (Å²) < 4.78 is 5.50. The Balaban J connectivity index is 2.55. The fourth-order valence-electron chi connectivity index (χ4n) is 1.75. The number of nitrogens with one attached hydrogen (secondary N) is 1. The Morgan fingerprint density at radius 1 is 1.39 bits per heavy atom. The molecule has 1 N–H and O–H groups in total. The van der Waals surface area contributed by atoms with Crippen LogP contribution in [0.4, 0.5) is 0 Å². The summed E-state index contributed by atoms with van der Waals surface area (Å²) in [6, 6.07) is 8.21. The maximum Gasteiger partial charge on any atom is 0.119 e. The fraction of sp³-hybridized carbons (Fsp3) is 0.500. The Hall–Kier alpha value is -1.28. The third-order valence-corrected chi connectivity index (χ3v) is 2.54.